The summed E-state index contributed by atoms with van der Waals surface area (Å²) in [6, 6.07) is 9.22. The fourth-order valence-corrected chi connectivity index (χ4v) is 1.87. The van der Waals surface area contributed by atoms with E-state index >= 15 is 0 Å². The molecule has 0 aliphatic carbocycles. The van der Waals surface area contributed by atoms with E-state index in [0.29, 0.717) is 11.3 Å². The highest BCUT2D eigenvalue weighted by molar-refractivity contribution is 5.95. The molecule has 1 N–H and O–H groups in total. The molecule has 2 rings (SSSR count). The fraction of sp³-hybridized carbons (Fsp3) is 0.267. The zero-order chi connectivity index (χ0) is 13.8. The van der Waals surface area contributed by atoms with Crippen molar-refractivity contribution in [1.29, 1.82) is 0 Å². The number of ether oxygens (including phenoxy) is 1. The molecule has 4 nitrogen and oxygen atoms in total. The maximum absolute atomic E-state index is 12.0. The number of aryl methyl sites for hydroxylation is 1. The van der Waals surface area contributed by atoms with E-state index in [0.717, 1.165) is 11.3 Å². The normalized spacial score (nSPS) is 11.9. The number of furan rings is 1. The summed E-state index contributed by atoms with van der Waals surface area (Å²) in [6.07, 6.45) is 1.52. The van der Waals surface area contributed by atoms with Crippen LogP contribution in [0.5, 0.6) is 5.75 Å². The summed E-state index contributed by atoms with van der Waals surface area (Å²) in [6.45, 7) is 3.71. The van der Waals surface area contributed by atoms with Crippen LogP contribution in [0.25, 0.3) is 0 Å². The molecule has 2 aromatic rings. The maximum Gasteiger partial charge on any atom is 0.255 e. The number of rotatable bonds is 4. The van der Waals surface area contributed by atoms with Crippen LogP contribution < -0.4 is 10.1 Å². The van der Waals surface area contributed by atoms with E-state index in [4.69, 9.17) is 9.15 Å². The molecule has 4 heteroatoms. The number of carbonyl (C=O) groups excluding carboxylic acids is 1. The van der Waals surface area contributed by atoms with Gasteiger partial charge < -0.3 is 14.5 Å². The minimum Gasteiger partial charge on any atom is -0.497 e. The van der Waals surface area contributed by atoms with Crippen LogP contribution in [0.15, 0.2) is 41.0 Å². The van der Waals surface area contributed by atoms with Crippen molar-refractivity contribution in [1.82, 2.24) is 5.32 Å². The van der Waals surface area contributed by atoms with Crippen LogP contribution in [-0.2, 0) is 0 Å². The molecule has 1 aromatic heterocycles. The van der Waals surface area contributed by atoms with Crippen LogP contribution in [0.2, 0.25) is 0 Å². The third-order valence-electron chi connectivity index (χ3n) is 3.07. The lowest BCUT2D eigenvalue weighted by atomic mass is 10.1. The smallest absolute Gasteiger partial charge is 0.255 e. The highest BCUT2D eigenvalue weighted by Gasteiger charge is 2.14. The molecule has 1 heterocycles. The van der Waals surface area contributed by atoms with E-state index in [9.17, 15) is 4.79 Å². The van der Waals surface area contributed by atoms with E-state index in [1.165, 1.54) is 6.26 Å². The molecule has 1 amide bonds. The van der Waals surface area contributed by atoms with Crippen molar-refractivity contribution in [3.8, 4) is 5.75 Å². The molecule has 0 saturated carbocycles. The van der Waals surface area contributed by atoms with Crippen molar-refractivity contribution >= 4 is 5.91 Å². The molecule has 0 spiro atoms. The van der Waals surface area contributed by atoms with E-state index < -0.39 is 0 Å². The average molecular weight is 259 g/mol. The van der Waals surface area contributed by atoms with Gasteiger partial charge in [-0.25, -0.2) is 0 Å². The van der Waals surface area contributed by atoms with Crippen LogP contribution in [0, 0.1) is 6.92 Å². The zero-order valence-electron chi connectivity index (χ0n) is 11.3. The van der Waals surface area contributed by atoms with Crippen molar-refractivity contribution in [3.05, 3.63) is 53.5 Å². The molecule has 0 aliphatic heterocycles. The number of hydrogen-bond acceptors (Lipinski definition) is 3. The molecule has 0 bridgehead atoms. The molecule has 0 radical (unpaired) electrons. The van der Waals surface area contributed by atoms with Gasteiger partial charge in [0.05, 0.1) is 25.0 Å². The van der Waals surface area contributed by atoms with Gasteiger partial charge in [-0.2, -0.15) is 0 Å². The number of hydrogen-bond donors (Lipinski definition) is 1. The van der Waals surface area contributed by atoms with Gasteiger partial charge in [0.1, 0.15) is 11.5 Å². The second kappa shape index (κ2) is 5.61. The van der Waals surface area contributed by atoms with Crippen molar-refractivity contribution in [3.63, 3.8) is 0 Å². The standard InChI is InChI=1S/C15H17NO3/c1-10(12-4-6-13(18-3)7-5-12)16-15(17)14-8-9-19-11(14)2/h4-10H,1-3H3,(H,16,17). The van der Waals surface area contributed by atoms with Gasteiger partial charge in [0.15, 0.2) is 0 Å². The summed E-state index contributed by atoms with van der Waals surface area (Å²) in [5.74, 6) is 1.29. The van der Waals surface area contributed by atoms with Crippen molar-refractivity contribution in [2.75, 3.05) is 7.11 Å². The first-order valence-corrected chi connectivity index (χ1v) is 6.10. The zero-order valence-corrected chi connectivity index (χ0v) is 11.3. The third-order valence-corrected chi connectivity index (χ3v) is 3.07. The minimum absolute atomic E-state index is 0.0762. The minimum atomic E-state index is -0.130. The number of nitrogens with one attached hydrogen (secondary N) is 1. The lowest BCUT2D eigenvalue weighted by molar-refractivity contribution is 0.0938. The maximum atomic E-state index is 12.0. The monoisotopic (exact) mass is 259 g/mol. The van der Waals surface area contributed by atoms with E-state index in [-0.39, 0.29) is 11.9 Å². The third kappa shape index (κ3) is 2.96. The molecule has 1 atom stereocenters. The van der Waals surface area contributed by atoms with E-state index in [2.05, 4.69) is 5.32 Å². The fourth-order valence-electron chi connectivity index (χ4n) is 1.87. The van der Waals surface area contributed by atoms with Crippen molar-refractivity contribution < 1.29 is 13.9 Å². The Bertz CT molecular complexity index is 557. The second-order valence-corrected chi connectivity index (χ2v) is 4.36. The number of methoxy groups -OCH3 is 1. The lowest BCUT2D eigenvalue weighted by Crippen LogP contribution is -2.26. The van der Waals surface area contributed by atoms with E-state index in [1.54, 1.807) is 20.1 Å². The topological polar surface area (TPSA) is 51.5 Å². The summed E-state index contributed by atoms with van der Waals surface area (Å²) in [5, 5.41) is 2.94. The molecule has 0 aliphatic rings. The molecule has 100 valence electrons. The Hall–Kier alpha value is -2.23. The number of benzene rings is 1. The highest BCUT2D eigenvalue weighted by atomic mass is 16.5. The van der Waals surface area contributed by atoms with Crippen molar-refractivity contribution in [2.45, 2.75) is 19.9 Å². The van der Waals surface area contributed by atoms with Gasteiger partial charge in [-0.1, -0.05) is 12.1 Å². The summed E-state index contributed by atoms with van der Waals surface area (Å²) >= 11 is 0. The van der Waals surface area contributed by atoms with Gasteiger partial charge in [0, 0.05) is 0 Å². The van der Waals surface area contributed by atoms with Gasteiger partial charge >= 0.3 is 0 Å². The molecule has 19 heavy (non-hydrogen) atoms. The largest absolute Gasteiger partial charge is 0.497 e. The Labute approximate surface area is 112 Å². The molecular formula is C15H17NO3. The van der Waals surface area contributed by atoms with Crippen LogP contribution in [0.4, 0.5) is 0 Å². The Morgan fingerprint density at radius 1 is 1.26 bits per heavy atom. The molecule has 1 aromatic carbocycles. The van der Waals surface area contributed by atoms with Crippen LogP contribution >= 0.6 is 0 Å². The summed E-state index contributed by atoms with van der Waals surface area (Å²) in [5.41, 5.74) is 1.59. The highest BCUT2D eigenvalue weighted by Crippen LogP contribution is 2.18. The Morgan fingerprint density at radius 2 is 1.95 bits per heavy atom. The van der Waals surface area contributed by atoms with E-state index in [1.807, 2.05) is 31.2 Å². The first-order valence-electron chi connectivity index (χ1n) is 6.10. The molecule has 0 fully saturated rings. The second-order valence-electron chi connectivity index (χ2n) is 4.36. The molecular weight excluding hydrogens is 242 g/mol. The van der Waals surface area contributed by atoms with Gasteiger partial charge in [0.2, 0.25) is 0 Å². The van der Waals surface area contributed by atoms with Gasteiger partial charge in [-0.3, -0.25) is 4.79 Å². The summed E-state index contributed by atoms with van der Waals surface area (Å²) < 4.78 is 10.2. The van der Waals surface area contributed by atoms with Crippen LogP contribution in [-0.4, -0.2) is 13.0 Å². The molecule has 0 saturated heterocycles. The van der Waals surface area contributed by atoms with Gasteiger partial charge in [-0.15, -0.1) is 0 Å². The van der Waals surface area contributed by atoms with Gasteiger partial charge in [0.25, 0.3) is 5.91 Å². The average Bonchev–Trinajstić information content (AvgIpc) is 2.85. The molecule has 1 unspecified atom stereocenters. The summed E-state index contributed by atoms with van der Waals surface area (Å²) in [4.78, 5) is 12.0. The van der Waals surface area contributed by atoms with Gasteiger partial charge in [-0.05, 0) is 37.6 Å². The lowest BCUT2D eigenvalue weighted by Gasteiger charge is -2.14. The number of amides is 1. The Morgan fingerprint density at radius 3 is 2.47 bits per heavy atom. The first-order chi connectivity index (χ1) is 9.11. The van der Waals surface area contributed by atoms with Crippen LogP contribution in [0.3, 0.4) is 0 Å². The first kappa shape index (κ1) is 13.2. The SMILES string of the molecule is COc1ccc(C(C)NC(=O)c2ccoc2C)cc1. The number of carbonyl (C=O) groups is 1. The Balaban J connectivity index is 2.06. The van der Waals surface area contributed by atoms with Crippen LogP contribution in [0.1, 0.15) is 34.6 Å². The predicted octanol–water partition coefficient (Wildman–Crippen LogP) is 3.09. The Kier molecular flexibility index (Phi) is 3.90. The predicted molar refractivity (Wildman–Crippen MR) is 72.3 cm³/mol. The quantitative estimate of drug-likeness (QED) is 0.918. The summed E-state index contributed by atoms with van der Waals surface area (Å²) in [7, 11) is 1.63. The van der Waals surface area contributed by atoms with Crippen molar-refractivity contribution in [2.24, 2.45) is 0 Å².